The number of hydrogen-bond donors (Lipinski definition) is 0. The predicted molar refractivity (Wildman–Crippen MR) is 66.1 cm³/mol. The third-order valence-corrected chi connectivity index (χ3v) is 4.49. The molecule has 0 aliphatic heterocycles. The van der Waals surface area contributed by atoms with E-state index in [0.29, 0.717) is 9.92 Å². The van der Waals surface area contributed by atoms with Crippen molar-refractivity contribution in [2.24, 2.45) is 4.36 Å². The summed E-state index contributed by atoms with van der Waals surface area (Å²) in [5, 5.41) is 0.380. The summed E-state index contributed by atoms with van der Waals surface area (Å²) < 4.78 is 28.3. The van der Waals surface area contributed by atoms with Crippen molar-refractivity contribution in [2.75, 3.05) is 5.75 Å². The zero-order valence-electron chi connectivity index (χ0n) is 9.15. The highest BCUT2D eigenvalue weighted by atomic mass is 35.5. The minimum Gasteiger partial charge on any atom is -0.263 e. The second-order valence-electron chi connectivity index (χ2n) is 3.19. The molecule has 0 radical (unpaired) electrons. The van der Waals surface area contributed by atoms with E-state index in [1.165, 1.54) is 12.1 Å². The van der Waals surface area contributed by atoms with Gasteiger partial charge in [-0.2, -0.15) is 4.36 Å². The third-order valence-electron chi connectivity index (χ3n) is 2.02. The highest BCUT2D eigenvalue weighted by Crippen LogP contribution is 2.19. The van der Waals surface area contributed by atoms with Gasteiger partial charge < -0.3 is 0 Å². The van der Waals surface area contributed by atoms with Crippen LogP contribution < -0.4 is 0 Å². The van der Waals surface area contributed by atoms with E-state index in [1.54, 1.807) is 19.1 Å². The summed E-state index contributed by atoms with van der Waals surface area (Å²) in [6, 6.07) is 6.19. The zero-order chi connectivity index (χ0) is 13.1. The van der Waals surface area contributed by atoms with Crippen LogP contribution in [0.4, 0.5) is 4.39 Å². The molecular formula is C11H11ClFNO2S. The molecule has 0 spiro atoms. The summed E-state index contributed by atoms with van der Waals surface area (Å²) in [5.41, 5.74) is 0. The van der Waals surface area contributed by atoms with E-state index < -0.39 is 21.5 Å². The number of hydrogen-bond acceptors (Lipinski definition) is 2. The molecule has 0 fully saturated rings. The van der Waals surface area contributed by atoms with Crippen molar-refractivity contribution in [1.29, 1.82) is 0 Å². The summed E-state index contributed by atoms with van der Waals surface area (Å²) in [6.07, 6.45) is 0. The molecule has 0 saturated carbocycles. The van der Waals surface area contributed by atoms with Crippen LogP contribution in [-0.2, 0) is 14.5 Å². The second kappa shape index (κ2) is 5.42. The molecule has 0 aliphatic rings. The molecule has 1 amide bonds. The number of carbonyl (C=O) groups is 1. The highest BCUT2D eigenvalue weighted by Gasteiger charge is 2.15. The number of amides is 1. The van der Waals surface area contributed by atoms with Crippen LogP contribution in [-0.4, -0.2) is 15.9 Å². The number of nitrogens with zero attached hydrogens (tertiary/aromatic N) is 1. The van der Waals surface area contributed by atoms with Crippen LogP contribution in [0.2, 0.25) is 5.02 Å². The molecule has 17 heavy (non-hydrogen) atoms. The van der Waals surface area contributed by atoms with E-state index in [-0.39, 0.29) is 5.75 Å². The van der Waals surface area contributed by atoms with Gasteiger partial charge in [0, 0.05) is 15.7 Å². The molecule has 1 rings (SSSR count). The Labute approximate surface area is 104 Å². The van der Waals surface area contributed by atoms with Gasteiger partial charge in [-0.25, -0.2) is 8.60 Å². The van der Waals surface area contributed by atoms with Gasteiger partial charge in [-0.15, -0.1) is 0 Å². The Kier molecular flexibility index (Phi) is 4.42. The fourth-order valence-electron chi connectivity index (χ4n) is 1.13. The Hall–Kier alpha value is -1.20. The fourth-order valence-corrected chi connectivity index (χ4v) is 2.92. The predicted octanol–water partition coefficient (Wildman–Crippen LogP) is 3.20. The van der Waals surface area contributed by atoms with Crippen LogP contribution in [0.1, 0.15) is 6.92 Å². The molecular weight excluding hydrogens is 265 g/mol. The van der Waals surface area contributed by atoms with Crippen molar-refractivity contribution >= 4 is 27.2 Å². The van der Waals surface area contributed by atoms with E-state index >= 15 is 0 Å². The maximum atomic E-state index is 12.6. The highest BCUT2D eigenvalue weighted by molar-refractivity contribution is 7.94. The van der Waals surface area contributed by atoms with Crippen LogP contribution in [0.25, 0.3) is 0 Å². The Morgan fingerprint density at radius 3 is 2.71 bits per heavy atom. The van der Waals surface area contributed by atoms with Crippen molar-refractivity contribution in [3.63, 3.8) is 0 Å². The third kappa shape index (κ3) is 3.38. The fraction of sp³-hybridized carbons (Fsp3) is 0.182. The number of carbonyl (C=O) groups excluding carboxylic acids is 1. The van der Waals surface area contributed by atoms with Crippen LogP contribution in [0.3, 0.4) is 0 Å². The Morgan fingerprint density at radius 2 is 2.24 bits per heavy atom. The smallest absolute Gasteiger partial charge is 0.263 e. The lowest BCUT2D eigenvalue weighted by molar-refractivity contribution is -0.115. The van der Waals surface area contributed by atoms with Crippen LogP contribution in [0.5, 0.6) is 0 Å². The molecule has 1 atom stereocenters. The standard InChI is InChI=1S/C11H11ClFNO2S/c1-3-17(16,14-11(15)8(2)13)10-6-4-5-9(12)7-10/h4-7H,2-3H2,1H3. The first-order chi connectivity index (χ1) is 7.89. The van der Waals surface area contributed by atoms with Gasteiger partial charge in [-0.05, 0) is 18.2 Å². The van der Waals surface area contributed by atoms with Crippen LogP contribution in [0.15, 0.2) is 45.9 Å². The zero-order valence-corrected chi connectivity index (χ0v) is 10.7. The lowest BCUT2D eigenvalue weighted by Crippen LogP contribution is -2.08. The molecule has 0 aliphatic carbocycles. The molecule has 0 aromatic heterocycles. The average molecular weight is 276 g/mol. The summed E-state index contributed by atoms with van der Waals surface area (Å²) in [5.74, 6) is -2.34. The maximum Gasteiger partial charge on any atom is 0.313 e. The van der Waals surface area contributed by atoms with Gasteiger partial charge in [0.25, 0.3) is 0 Å². The summed E-state index contributed by atoms with van der Waals surface area (Å²) in [6.45, 7) is 4.42. The largest absolute Gasteiger partial charge is 0.313 e. The topological polar surface area (TPSA) is 46.5 Å². The summed E-state index contributed by atoms with van der Waals surface area (Å²) in [7, 11) is -2.98. The van der Waals surface area contributed by atoms with E-state index in [0.717, 1.165) is 0 Å². The van der Waals surface area contributed by atoms with Crippen LogP contribution >= 0.6 is 11.6 Å². The van der Waals surface area contributed by atoms with E-state index in [2.05, 4.69) is 10.9 Å². The molecule has 1 aromatic rings. The Balaban J connectivity index is 3.36. The molecule has 1 aromatic carbocycles. The lowest BCUT2D eigenvalue weighted by Gasteiger charge is -2.07. The normalized spacial score (nSPS) is 13.8. The Bertz CT molecular complexity index is 577. The molecule has 0 heterocycles. The number of halogens is 2. The lowest BCUT2D eigenvalue weighted by atomic mass is 10.4. The summed E-state index contributed by atoms with van der Waals surface area (Å²) >= 11 is 5.76. The number of rotatable bonds is 3. The van der Waals surface area contributed by atoms with Gasteiger partial charge in [-0.3, -0.25) is 4.79 Å². The van der Waals surface area contributed by atoms with Crippen molar-refractivity contribution < 1.29 is 13.4 Å². The monoisotopic (exact) mass is 275 g/mol. The molecule has 3 nitrogen and oxygen atoms in total. The van der Waals surface area contributed by atoms with Crippen molar-refractivity contribution in [2.45, 2.75) is 11.8 Å². The minimum atomic E-state index is -2.98. The first-order valence-corrected chi connectivity index (χ1v) is 6.84. The van der Waals surface area contributed by atoms with Crippen molar-refractivity contribution in [3.8, 4) is 0 Å². The van der Waals surface area contributed by atoms with Gasteiger partial charge in [-0.1, -0.05) is 31.2 Å². The van der Waals surface area contributed by atoms with E-state index in [4.69, 9.17) is 11.6 Å². The van der Waals surface area contributed by atoms with Gasteiger partial charge in [0.1, 0.15) is 0 Å². The molecule has 92 valence electrons. The molecule has 0 saturated heterocycles. The first kappa shape index (κ1) is 13.9. The van der Waals surface area contributed by atoms with Gasteiger partial charge in [0.2, 0.25) is 0 Å². The minimum absolute atomic E-state index is 0.0896. The van der Waals surface area contributed by atoms with Crippen LogP contribution in [0, 0.1) is 0 Å². The first-order valence-electron chi connectivity index (χ1n) is 4.78. The quantitative estimate of drug-likeness (QED) is 0.795. The van der Waals surface area contributed by atoms with Gasteiger partial charge in [0.05, 0.1) is 9.73 Å². The van der Waals surface area contributed by atoms with E-state index in [1.807, 2.05) is 0 Å². The maximum absolute atomic E-state index is 12.6. The second-order valence-corrected chi connectivity index (χ2v) is 6.14. The molecule has 0 bridgehead atoms. The molecule has 0 N–H and O–H groups in total. The molecule has 6 heteroatoms. The van der Waals surface area contributed by atoms with Crippen molar-refractivity contribution in [1.82, 2.24) is 0 Å². The number of benzene rings is 1. The van der Waals surface area contributed by atoms with Gasteiger partial charge in [0.15, 0.2) is 5.83 Å². The SMILES string of the molecule is C=C(F)C(=O)N=S(=O)(CC)c1cccc(Cl)c1. The Morgan fingerprint density at radius 1 is 1.59 bits per heavy atom. The summed E-state index contributed by atoms with van der Waals surface area (Å²) in [4.78, 5) is 11.4. The average Bonchev–Trinajstić information content (AvgIpc) is 2.28. The van der Waals surface area contributed by atoms with Crippen molar-refractivity contribution in [3.05, 3.63) is 41.7 Å². The van der Waals surface area contributed by atoms with E-state index in [9.17, 15) is 13.4 Å². The molecule has 1 unspecified atom stereocenters. The van der Waals surface area contributed by atoms with Gasteiger partial charge >= 0.3 is 5.91 Å².